The molecular formula is C13H25N3O2S2. The third-order valence-corrected chi connectivity index (χ3v) is 5.84. The molecule has 7 heteroatoms. The molecule has 0 spiro atoms. The minimum absolute atomic E-state index is 0.199. The third kappa shape index (κ3) is 5.49. The van der Waals surface area contributed by atoms with Crippen LogP contribution >= 0.6 is 11.3 Å². The third-order valence-electron chi connectivity index (χ3n) is 3.00. The highest BCUT2D eigenvalue weighted by atomic mass is 32.2. The van der Waals surface area contributed by atoms with Gasteiger partial charge in [-0.3, -0.25) is 0 Å². The van der Waals surface area contributed by atoms with Crippen molar-refractivity contribution < 1.29 is 8.42 Å². The lowest BCUT2D eigenvalue weighted by Gasteiger charge is -2.20. The fourth-order valence-electron chi connectivity index (χ4n) is 1.78. The summed E-state index contributed by atoms with van der Waals surface area (Å²) in [5.41, 5.74) is 0. The first-order valence-corrected chi connectivity index (χ1v) is 9.13. The maximum atomic E-state index is 12.2. The lowest BCUT2D eigenvalue weighted by molar-refractivity contribution is 0.440. The highest BCUT2D eigenvalue weighted by Crippen LogP contribution is 2.23. The van der Waals surface area contributed by atoms with E-state index in [9.17, 15) is 8.42 Å². The molecule has 0 bridgehead atoms. The molecule has 0 aromatic carbocycles. The van der Waals surface area contributed by atoms with Crippen LogP contribution in [-0.4, -0.2) is 39.4 Å². The van der Waals surface area contributed by atoms with Crippen LogP contribution in [0.15, 0.2) is 12.1 Å². The summed E-state index contributed by atoms with van der Waals surface area (Å²) < 4.78 is 28.5. The normalized spacial score (nSPS) is 13.8. The van der Waals surface area contributed by atoms with E-state index in [0.29, 0.717) is 6.54 Å². The number of hydrogen-bond donors (Lipinski definition) is 2. The van der Waals surface area contributed by atoms with E-state index >= 15 is 0 Å². The maximum Gasteiger partial charge on any atom is 0.279 e. The summed E-state index contributed by atoms with van der Waals surface area (Å²) in [6.07, 6.45) is 0.803. The van der Waals surface area contributed by atoms with Crippen molar-refractivity contribution in [3.63, 3.8) is 0 Å². The average Bonchev–Trinajstić information content (AvgIpc) is 2.80. The Balaban J connectivity index is 2.51. The van der Waals surface area contributed by atoms with Crippen molar-refractivity contribution in [1.29, 1.82) is 0 Å². The highest BCUT2D eigenvalue weighted by Gasteiger charge is 2.21. The van der Waals surface area contributed by atoms with Crippen LogP contribution in [0.3, 0.4) is 0 Å². The number of aryl methyl sites for hydroxylation is 1. The van der Waals surface area contributed by atoms with E-state index in [0.717, 1.165) is 24.4 Å². The van der Waals surface area contributed by atoms with Gasteiger partial charge in [0.2, 0.25) is 0 Å². The average molecular weight is 319 g/mol. The van der Waals surface area contributed by atoms with Crippen molar-refractivity contribution in [2.45, 2.75) is 33.2 Å². The quantitative estimate of drug-likeness (QED) is 0.683. The molecule has 0 radical (unpaired) electrons. The Labute approximate surface area is 126 Å². The fourth-order valence-corrected chi connectivity index (χ4v) is 3.86. The number of thiophene rings is 1. The van der Waals surface area contributed by atoms with E-state index in [4.69, 9.17) is 0 Å². The van der Waals surface area contributed by atoms with Crippen molar-refractivity contribution in [2.24, 2.45) is 0 Å². The van der Waals surface area contributed by atoms with Crippen LogP contribution in [0, 0.1) is 6.92 Å². The Hall–Kier alpha value is -0.470. The summed E-state index contributed by atoms with van der Waals surface area (Å²) in [6, 6.07) is 3.78. The zero-order valence-electron chi connectivity index (χ0n) is 12.6. The highest BCUT2D eigenvalue weighted by molar-refractivity contribution is 7.87. The van der Waals surface area contributed by atoms with Gasteiger partial charge in [-0.15, -0.1) is 11.3 Å². The SMILES string of the molecule is CCNCCCN(C)S(=O)(=O)NC(C)c1ccc(C)s1. The smallest absolute Gasteiger partial charge is 0.279 e. The molecule has 1 unspecified atom stereocenters. The molecule has 0 amide bonds. The van der Waals surface area contributed by atoms with E-state index in [1.54, 1.807) is 18.4 Å². The second-order valence-corrected chi connectivity index (χ2v) is 7.95. The predicted octanol–water partition coefficient (Wildman–Crippen LogP) is 1.88. The Morgan fingerprint density at radius 3 is 2.65 bits per heavy atom. The van der Waals surface area contributed by atoms with Gasteiger partial charge in [0.1, 0.15) is 0 Å². The molecule has 1 aromatic heterocycles. The van der Waals surface area contributed by atoms with Gasteiger partial charge in [0.05, 0.1) is 6.04 Å². The number of nitrogens with zero attached hydrogens (tertiary/aromatic N) is 1. The van der Waals surface area contributed by atoms with Crippen molar-refractivity contribution in [3.05, 3.63) is 21.9 Å². The van der Waals surface area contributed by atoms with Crippen LogP contribution in [0.25, 0.3) is 0 Å². The molecule has 5 nitrogen and oxygen atoms in total. The topological polar surface area (TPSA) is 61.4 Å². The van der Waals surface area contributed by atoms with Crippen molar-refractivity contribution in [1.82, 2.24) is 14.3 Å². The summed E-state index contributed by atoms with van der Waals surface area (Å²) in [4.78, 5) is 2.22. The Morgan fingerprint density at radius 1 is 1.40 bits per heavy atom. The van der Waals surface area contributed by atoms with E-state index in [1.807, 2.05) is 32.9 Å². The lowest BCUT2D eigenvalue weighted by atomic mass is 10.3. The second kappa shape index (κ2) is 8.09. The standard InChI is InChI=1S/C13H25N3O2S2/c1-5-14-9-6-10-16(4)20(17,18)15-12(3)13-8-7-11(2)19-13/h7-8,12,14-15H,5-6,9-10H2,1-4H3. The van der Waals surface area contributed by atoms with Gasteiger partial charge in [-0.25, -0.2) is 0 Å². The molecule has 20 heavy (non-hydrogen) atoms. The zero-order valence-corrected chi connectivity index (χ0v) is 14.3. The van der Waals surface area contributed by atoms with Gasteiger partial charge >= 0.3 is 0 Å². The minimum atomic E-state index is -3.42. The van der Waals surface area contributed by atoms with E-state index in [1.165, 1.54) is 9.18 Å². The minimum Gasteiger partial charge on any atom is -0.317 e. The predicted molar refractivity (Wildman–Crippen MR) is 85.3 cm³/mol. The van der Waals surface area contributed by atoms with Gasteiger partial charge in [-0.05, 0) is 45.5 Å². The molecular weight excluding hydrogens is 294 g/mol. The molecule has 0 aliphatic rings. The van der Waals surface area contributed by atoms with Gasteiger partial charge < -0.3 is 5.32 Å². The van der Waals surface area contributed by atoms with Crippen molar-refractivity contribution in [3.8, 4) is 0 Å². The van der Waals surface area contributed by atoms with Crippen molar-refractivity contribution in [2.75, 3.05) is 26.7 Å². The monoisotopic (exact) mass is 319 g/mol. The Kier molecular flexibility index (Phi) is 7.11. The summed E-state index contributed by atoms with van der Waals surface area (Å²) in [5, 5.41) is 3.18. The first-order chi connectivity index (χ1) is 9.36. The summed E-state index contributed by atoms with van der Waals surface area (Å²) in [5.74, 6) is 0. The Morgan fingerprint density at radius 2 is 2.10 bits per heavy atom. The largest absolute Gasteiger partial charge is 0.317 e. The Bertz CT molecular complexity index is 499. The molecule has 0 aliphatic carbocycles. The van der Waals surface area contributed by atoms with Crippen LogP contribution in [0.2, 0.25) is 0 Å². The molecule has 1 atom stereocenters. The molecule has 1 aromatic rings. The lowest BCUT2D eigenvalue weighted by Crippen LogP contribution is -2.40. The molecule has 2 N–H and O–H groups in total. The zero-order chi connectivity index (χ0) is 15.2. The fraction of sp³-hybridized carbons (Fsp3) is 0.692. The van der Waals surface area contributed by atoms with E-state index in [2.05, 4.69) is 10.0 Å². The summed E-state index contributed by atoms with van der Waals surface area (Å²) in [6.45, 7) is 8.17. The molecule has 1 rings (SSSR count). The number of nitrogens with one attached hydrogen (secondary N) is 2. The second-order valence-electron chi connectivity index (χ2n) is 4.82. The number of hydrogen-bond acceptors (Lipinski definition) is 4. The van der Waals surface area contributed by atoms with Gasteiger partial charge in [0.15, 0.2) is 0 Å². The first kappa shape index (κ1) is 17.6. The molecule has 0 fully saturated rings. The van der Waals surface area contributed by atoms with Crippen LogP contribution in [0.4, 0.5) is 0 Å². The molecule has 0 saturated heterocycles. The summed E-state index contributed by atoms with van der Waals surface area (Å²) >= 11 is 1.62. The van der Waals surface area contributed by atoms with Gasteiger partial charge in [0, 0.05) is 23.3 Å². The maximum absolute atomic E-state index is 12.2. The van der Waals surface area contributed by atoms with Gasteiger partial charge in [-0.1, -0.05) is 6.92 Å². The van der Waals surface area contributed by atoms with Gasteiger partial charge in [-0.2, -0.15) is 17.4 Å². The summed E-state index contributed by atoms with van der Waals surface area (Å²) in [7, 11) is -1.81. The van der Waals surface area contributed by atoms with Gasteiger partial charge in [0.25, 0.3) is 10.2 Å². The van der Waals surface area contributed by atoms with Crippen LogP contribution in [0.1, 0.15) is 36.1 Å². The molecule has 0 aliphatic heterocycles. The van der Waals surface area contributed by atoms with E-state index in [-0.39, 0.29) is 6.04 Å². The van der Waals surface area contributed by atoms with Crippen molar-refractivity contribution >= 4 is 21.5 Å². The number of rotatable bonds is 9. The molecule has 1 heterocycles. The van der Waals surface area contributed by atoms with E-state index < -0.39 is 10.2 Å². The first-order valence-electron chi connectivity index (χ1n) is 6.87. The van der Waals surface area contributed by atoms with Crippen LogP contribution in [0.5, 0.6) is 0 Å². The van der Waals surface area contributed by atoms with Crippen LogP contribution in [-0.2, 0) is 10.2 Å². The molecule has 116 valence electrons. The molecule has 0 saturated carbocycles. The van der Waals surface area contributed by atoms with Crippen LogP contribution < -0.4 is 10.0 Å².